The van der Waals surface area contributed by atoms with E-state index < -0.39 is 0 Å². The first-order valence-electron chi connectivity index (χ1n) is 12.2. The first-order chi connectivity index (χ1) is 16.1. The summed E-state index contributed by atoms with van der Waals surface area (Å²) in [4.78, 5) is 19.2. The Labute approximate surface area is 196 Å². The lowest BCUT2D eigenvalue weighted by Crippen LogP contribution is -2.37. The molecule has 0 radical (unpaired) electrons. The van der Waals surface area contributed by atoms with Crippen LogP contribution in [0.4, 0.5) is 0 Å². The van der Waals surface area contributed by atoms with Gasteiger partial charge in [-0.25, -0.2) is 4.98 Å². The molecule has 2 aliphatic rings. The quantitative estimate of drug-likeness (QED) is 0.516. The van der Waals surface area contributed by atoms with Crippen molar-refractivity contribution in [1.82, 2.24) is 19.8 Å². The van der Waals surface area contributed by atoms with Crippen LogP contribution in [0.15, 0.2) is 67.3 Å². The molecule has 172 valence electrons. The molecule has 2 fully saturated rings. The van der Waals surface area contributed by atoms with Crippen molar-refractivity contribution in [3.8, 4) is 11.1 Å². The Balaban J connectivity index is 1.06. The third kappa shape index (κ3) is 5.03. The molecule has 1 spiro atoms. The van der Waals surface area contributed by atoms with Gasteiger partial charge in [0.1, 0.15) is 0 Å². The normalized spacial score (nSPS) is 19.5. The zero-order valence-corrected chi connectivity index (χ0v) is 19.5. The number of hydrogen-bond acceptors (Lipinski definition) is 3. The van der Waals surface area contributed by atoms with E-state index in [1.54, 1.807) is 6.20 Å². The fourth-order valence-electron chi connectivity index (χ4n) is 5.39. The van der Waals surface area contributed by atoms with Crippen molar-refractivity contribution in [3.05, 3.63) is 78.4 Å². The van der Waals surface area contributed by atoms with Crippen LogP contribution in [0.3, 0.4) is 0 Å². The van der Waals surface area contributed by atoms with Gasteiger partial charge in [0.05, 0.1) is 6.33 Å². The first-order valence-corrected chi connectivity index (χ1v) is 12.2. The Morgan fingerprint density at radius 1 is 1.12 bits per heavy atom. The maximum absolute atomic E-state index is 12.6. The fourth-order valence-corrected chi connectivity index (χ4v) is 5.39. The highest BCUT2D eigenvalue weighted by Crippen LogP contribution is 2.59. The van der Waals surface area contributed by atoms with E-state index in [-0.39, 0.29) is 17.2 Å². The van der Waals surface area contributed by atoms with Gasteiger partial charge in [-0.2, -0.15) is 0 Å². The van der Waals surface area contributed by atoms with Crippen LogP contribution >= 0.6 is 0 Å². The van der Waals surface area contributed by atoms with Gasteiger partial charge in [-0.15, -0.1) is 0 Å². The largest absolute Gasteiger partial charge is 0.356 e. The van der Waals surface area contributed by atoms with Crippen LogP contribution in [0, 0.1) is 18.3 Å². The summed E-state index contributed by atoms with van der Waals surface area (Å²) >= 11 is 0. The highest BCUT2D eigenvalue weighted by Gasteiger charge is 2.58. The number of nitrogens with one attached hydrogen (secondary N) is 1. The summed E-state index contributed by atoms with van der Waals surface area (Å²) in [6.45, 7) is 6.98. The molecule has 1 N–H and O–H groups in total. The summed E-state index contributed by atoms with van der Waals surface area (Å²) in [6, 6.07) is 17.6. The van der Waals surface area contributed by atoms with Crippen LogP contribution in [-0.2, 0) is 17.9 Å². The minimum Gasteiger partial charge on any atom is -0.356 e. The highest BCUT2D eigenvalue weighted by atomic mass is 16.2. The predicted molar refractivity (Wildman–Crippen MR) is 132 cm³/mol. The fraction of sp³-hybridized carbons (Fsp3) is 0.429. The molecule has 1 saturated heterocycles. The Hall–Kier alpha value is -2.92. The minimum absolute atomic E-state index is 0.223. The number of benzene rings is 2. The van der Waals surface area contributed by atoms with Gasteiger partial charge < -0.3 is 9.88 Å². The molecule has 1 unspecified atom stereocenters. The number of amides is 1. The molecule has 3 aromatic rings. The van der Waals surface area contributed by atoms with Crippen molar-refractivity contribution in [2.75, 3.05) is 19.6 Å². The average molecular weight is 443 g/mol. The van der Waals surface area contributed by atoms with Crippen LogP contribution in [0.1, 0.15) is 36.8 Å². The summed E-state index contributed by atoms with van der Waals surface area (Å²) in [5, 5.41) is 3.17. The van der Waals surface area contributed by atoms with E-state index in [2.05, 4.69) is 75.2 Å². The van der Waals surface area contributed by atoms with Crippen molar-refractivity contribution in [2.45, 2.75) is 45.7 Å². The highest BCUT2D eigenvalue weighted by molar-refractivity contribution is 5.82. The van der Waals surface area contributed by atoms with E-state index in [9.17, 15) is 4.79 Å². The second-order valence-electron chi connectivity index (χ2n) is 9.85. The number of aromatic nitrogens is 2. The van der Waals surface area contributed by atoms with E-state index in [4.69, 9.17) is 0 Å². The molecule has 2 heterocycles. The molecule has 5 heteroatoms. The van der Waals surface area contributed by atoms with Crippen molar-refractivity contribution < 1.29 is 4.79 Å². The van der Waals surface area contributed by atoms with Crippen LogP contribution in [0.25, 0.3) is 11.1 Å². The lowest BCUT2D eigenvalue weighted by atomic mass is 9.90. The molecular weight excluding hydrogens is 408 g/mol. The number of likely N-dealkylation sites (tertiary alicyclic amines) is 1. The first kappa shape index (κ1) is 21.9. The summed E-state index contributed by atoms with van der Waals surface area (Å²) in [7, 11) is 0. The number of nitrogens with zero attached hydrogens (tertiary/aromatic N) is 3. The summed E-state index contributed by atoms with van der Waals surface area (Å²) in [5.41, 5.74) is 5.54. The van der Waals surface area contributed by atoms with E-state index >= 15 is 0 Å². The predicted octanol–water partition coefficient (Wildman–Crippen LogP) is 4.67. The van der Waals surface area contributed by atoms with Gasteiger partial charge in [-0.1, -0.05) is 48.5 Å². The summed E-state index contributed by atoms with van der Waals surface area (Å²) in [6.07, 6.45) is 9.87. The standard InChI is InChI=1S/C28H34N4O/c1-22-5-2-3-6-25(22)24-9-7-23(8-10-24)20-31-16-11-28(12-17-31)19-26(28)27(33)30-13-4-15-32-18-14-29-21-32/h2-3,5-10,14,18,21,26H,4,11-13,15-17,19-20H2,1H3,(H,30,33). The number of hydrogen-bond donors (Lipinski definition) is 1. The number of carbonyl (C=O) groups is 1. The molecule has 1 aliphatic heterocycles. The third-order valence-corrected chi connectivity index (χ3v) is 7.63. The van der Waals surface area contributed by atoms with Crippen LogP contribution in [0.5, 0.6) is 0 Å². The van der Waals surface area contributed by atoms with Gasteiger partial charge in [0.15, 0.2) is 0 Å². The van der Waals surface area contributed by atoms with Crippen LogP contribution < -0.4 is 5.32 Å². The molecule has 1 atom stereocenters. The number of imidazole rings is 1. The van der Waals surface area contributed by atoms with Gasteiger partial charge >= 0.3 is 0 Å². The molecular formula is C28H34N4O. The van der Waals surface area contributed by atoms with Crippen molar-refractivity contribution in [1.29, 1.82) is 0 Å². The molecule has 5 nitrogen and oxygen atoms in total. The zero-order chi connectivity index (χ0) is 22.7. The monoisotopic (exact) mass is 442 g/mol. The van der Waals surface area contributed by atoms with Gasteiger partial charge in [0, 0.05) is 37.9 Å². The molecule has 1 amide bonds. The molecule has 1 saturated carbocycles. The van der Waals surface area contributed by atoms with E-state index in [1.165, 1.54) is 22.3 Å². The van der Waals surface area contributed by atoms with Gasteiger partial charge in [-0.05, 0) is 73.4 Å². The maximum Gasteiger partial charge on any atom is 0.223 e. The van der Waals surface area contributed by atoms with Crippen LogP contribution in [-0.4, -0.2) is 40.0 Å². The number of piperidine rings is 1. The third-order valence-electron chi connectivity index (χ3n) is 7.63. The lowest BCUT2D eigenvalue weighted by molar-refractivity contribution is -0.123. The van der Waals surface area contributed by atoms with Crippen molar-refractivity contribution in [3.63, 3.8) is 0 Å². The van der Waals surface area contributed by atoms with Gasteiger partial charge in [-0.3, -0.25) is 9.69 Å². The molecule has 5 rings (SSSR count). The van der Waals surface area contributed by atoms with Crippen LogP contribution in [0.2, 0.25) is 0 Å². The van der Waals surface area contributed by atoms with Crippen molar-refractivity contribution >= 4 is 5.91 Å². The number of aryl methyl sites for hydroxylation is 2. The minimum atomic E-state index is 0.223. The molecule has 0 bridgehead atoms. The molecule has 1 aliphatic carbocycles. The second-order valence-corrected chi connectivity index (χ2v) is 9.85. The SMILES string of the molecule is Cc1ccccc1-c1ccc(CN2CCC3(CC2)CC3C(=O)NCCCn2ccnc2)cc1. The van der Waals surface area contributed by atoms with Crippen molar-refractivity contribution in [2.24, 2.45) is 11.3 Å². The van der Waals surface area contributed by atoms with E-state index in [1.807, 2.05) is 12.5 Å². The lowest BCUT2D eigenvalue weighted by Gasteiger charge is -2.32. The second kappa shape index (κ2) is 9.52. The average Bonchev–Trinajstić information content (AvgIpc) is 3.27. The Bertz CT molecular complexity index is 1070. The molecule has 33 heavy (non-hydrogen) atoms. The van der Waals surface area contributed by atoms with Gasteiger partial charge in [0.25, 0.3) is 0 Å². The van der Waals surface area contributed by atoms with E-state index in [0.717, 1.165) is 58.4 Å². The molecule has 2 aromatic carbocycles. The Kier molecular flexibility index (Phi) is 6.32. The Morgan fingerprint density at radius 3 is 2.64 bits per heavy atom. The number of carbonyl (C=O) groups excluding carboxylic acids is 1. The van der Waals surface area contributed by atoms with E-state index in [0.29, 0.717) is 0 Å². The molecule has 1 aromatic heterocycles. The summed E-state index contributed by atoms with van der Waals surface area (Å²) < 4.78 is 2.05. The number of rotatable bonds is 8. The summed E-state index contributed by atoms with van der Waals surface area (Å²) in [5.74, 6) is 0.488. The topological polar surface area (TPSA) is 50.2 Å². The zero-order valence-electron chi connectivity index (χ0n) is 19.5. The Morgan fingerprint density at radius 2 is 1.91 bits per heavy atom. The van der Waals surface area contributed by atoms with Gasteiger partial charge in [0.2, 0.25) is 5.91 Å². The maximum atomic E-state index is 12.6. The smallest absolute Gasteiger partial charge is 0.223 e.